The fraction of sp³-hybridized carbons (Fsp3) is 0.333. The van der Waals surface area contributed by atoms with Crippen LogP contribution < -0.4 is 5.73 Å². The Labute approximate surface area is 112 Å². The fourth-order valence-electron chi connectivity index (χ4n) is 1.71. The van der Waals surface area contributed by atoms with Gasteiger partial charge in [-0.15, -0.1) is 19.0 Å². The summed E-state index contributed by atoms with van der Waals surface area (Å²) in [6, 6.07) is 2.25. The summed E-state index contributed by atoms with van der Waals surface area (Å²) < 4.78 is 0. The maximum atomic E-state index is 10.9. The van der Waals surface area contributed by atoms with Crippen LogP contribution in [0.4, 0.5) is 5.69 Å². The molecule has 0 heterocycles. The number of nitro benzene ring substituents is 1. The largest absolute Gasteiger partial charge is 0.507 e. The lowest BCUT2D eigenvalue weighted by molar-refractivity contribution is -0.385. The van der Waals surface area contributed by atoms with E-state index >= 15 is 0 Å². The maximum Gasteiger partial charge on any atom is 0.277 e. The first-order chi connectivity index (χ1) is 7.84. The van der Waals surface area contributed by atoms with Gasteiger partial charge in [-0.05, 0) is 31.9 Å². The topological polar surface area (TPSA) is 89.4 Å². The molecule has 18 heavy (non-hydrogen) atoms. The summed E-state index contributed by atoms with van der Waals surface area (Å²) >= 11 is 0. The zero-order valence-corrected chi connectivity index (χ0v) is 11.2. The molecule has 0 radical (unpaired) electrons. The molecule has 0 aliphatic rings. The number of nitrogens with zero attached hydrogens (tertiary/aromatic N) is 1. The van der Waals surface area contributed by atoms with Crippen LogP contribution in [0.5, 0.6) is 5.75 Å². The van der Waals surface area contributed by atoms with Crippen molar-refractivity contribution < 1.29 is 10.0 Å². The van der Waals surface area contributed by atoms with Crippen molar-refractivity contribution in [2.45, 2.75) is 26.3 Å². The lowest BCUT2D eigenvalue weighted by Gasteiger charge is -2.15. The number of halogens is 1. The van der Waals surface area contributed by atoms with E-state index < -0.39 is 11.0 Å². The summed E-state index contributed by atoms with van der Waals surface area (Å²) in [5, 5.41) is 20.8. The van der Waals surface area contributed by atoms with Crippen LogP contribution in [-0.4, -0.2) is 10.0 Å². The van der Waals surface area contributed by atoms with Crippen LogP contribution in [0.3, 0.4) is 0 Å². The summed E-state index contributed by atoms with van der Waals surface area (Å²) in [7, 11) is 0. The molecule has 1 atom stereocenters. The zero-order valence-electron chi connectivity index (χ0n) is 10.3. The predicted molar refractivity (Wildman–Crippen MR) is 73.1 cm³/mol. The van der Waals surface area contributed by atoms with Gasteiger partial charge in [0.25, 0.3) is 5.69 Å². The van der Waals surface area contributed by atoms with E-state index in [-0.39, 0.29) is 29.4 Å². The molecule has 1 aromatic rings. The normalized spacial score (nSPS) is 11.5. The van der Waals surface area contributed by atoms with Crippen LogP contribution in [-0.2, 0) is 0 Å². The molecule has 1 aromatic carbocycles. The van der Waals surface area contributed by atoms with Crippen LogP contribution in [0.15, 0.2) is 24.3 Å². The number of rotatable bonds is 4. The van der Waals surface area contributed by atoms with Crippen molar-refractivity contribution in [2.24, 2.45) is 5.73 Å². The average Bonchev–Trinajstić information content (AvgIpc) is 2.20. The van der Waals surface area contributed by atoms with E-state index in [1.54, 1.807) is 13.8 Å². The molecule has 0 aliphatic heterocycles. The number of benzene rings is 1. The Hall–Kier alpha value is -1.59. The Bertz CT molecular complexity index is 475. The summed E-state index contributed by atoms with van der Waals surface area (Å²) in [5.41, 5.74) is 7.29. The molecule has 0 aromatic heterocycles. The summed E-state index contributed by atoms with van der Waals surface area (Å²) in [5.74, 6) is -0.104. The van der Waals surface area contributed by atoms with Crippen molar-refractivity contribution in [3.63, 3.8) is 0 Å². The number of phenolic OH excluding ortho intramolecular Hbond substituents is 1. The van der Waals surface area contributed by atoms with Gasteiger partial charge < -0.3 is 10.8 Å². The van der Waals surface area contributed by atoms with Gasteiger partial charge >= 0.3 is 0 Å². The van der Waals surface area contributed by atoms with Crippen LogP contribution in [0, 0.1) is 17.0 Å². The van der Waals surface area contributed by atoms with E-state index in [1.165, 1.54) is 12.1 Å². The number of nitro groups is 1. The zero-order chi connectivity index (χ0) is 13.2. The van der Waals surface area contributed by atoms with Gasteiger partial charge in [-0.1, -0.05) is 5.57 Å². The lowest BCUT2D eigenvalue weighted by atomic mass is 9.96. The molecule has 100 valence electrons. The van der Waals surface area contributed by atoms with Gasteiger partial charge in [0, 0.05) is 12.1 Å². The monoisotopic (exact) mass is 272 g/mol. The van der Waals surface area contributed by atoms with Crippen molar-refractivity contribution >= 4 is 18.1 Å². The minimum atomic E-state index is -0.618. The number of aryl methyl sites for hydroxylation is 1. The standard InChI is InChI=1S/C12H16N2O3.ClH/c1-7(2)6-9(13)11-10(14(16)17)5-4-8(3)12(11)15;/h4-5,9,15H,1,6,13H2,2-3H3;1H/t9-;/m0./s1. The van der Waals surface area contributed by atoms with E-state index in [0.29, 0.717) is 12.0 Å². The second kappa shape index (κ2) is 6.37. The number of aromatic hydroxyl groups is 1. The highest BCUT2D eigenvalue weighted by atomic mass is 35.5. The lowest BCUT2D eigenvalue weighted by Crippen LogP contribution is -2.13. The third-order valence-electron chi connectivity index (χ3n) is 2.53. The van der Waals surface area contributed by atoms with E-state index in [0.717, 1.165) is 5.57 Å². The van der Waals surface area contributed by atoms with E-state index in [9.17, 15) is 15.2 Å². The molecule has 0 bridgehead atoms. The number of phenols is 1. The van der Waals surface area contributed by atoms with Gasteiger partial charge in [-0.3, -0.25) is 10.1 Å². The van der Waals surface area contributed by atoms with E-state index in [1.807, 2.05) is 0 Å². The van der Waals surface area contributed by atoms with Crippen LogP contribution in [0.25, 0.3) is 0 Å². The third-order valence-corrected chi connectivity index (χ3v) is 2.53. The van der Waals surface area contributed by atoms with Crippen molar-refractivity contribution in [3.8, 4) is 5.75 Å². The molecule has 3 N–H and O–H groups in total. The highest BCUT2D eigenvalue weighted by molar-refractivity contribution is 5.85. The number of nitrogens with two attached hydrogens (primary N) is 1. The van der Waals surface area contributed by atoms with Crippen LogP contribution >= 0.6 is 12.4 Å². The molecule has 0 aliphatic carbocycles. The van der Waals surface area contributed by atoms with Gasteiger partial charge in [0.2, 0.25) is 0 Å². The first-order valence-electron chi connectivity index (χ1n) is 5.21. The highest BCUT2D eigenvalue weighted by Crippen LogP contribution is 2.36. The van der Waals surface area contributed by atoms with Gasteiger partial charge in [0.15, 0.2) is 0 Å². The average molecular weight is 273 g/mol. The SMILES string of the molecule is C=C(C)C[C@H](N)c1c([N+](=O)[O-])ccc(C)c1O.Cl. The minimum Gasteiger partial charge on any atom is -0.507 e. The van der Waals surface area contributed by atoms with Crippen molar-refractivity contribution in [2.75, 3.05) is 0 Å². The Balaban J connectivity index is 0.00000289. The molecule has 0 amide bonds. The first-order valence-corrected chi connectivity index (χ1v) is 5.21. The fourth-order valence-corrected chi connectivity index (χ4v) is 1.71. The molecule has 0 saturated heterocycles. The Kier molecular flexibility index (Phi) is 5.81. The quantitative estimate of drug-likeness (QED) is 0.501. The van der Waals surface area contributed by atoms with Gasteiger partial charge in [0.1, 0.15) is 5.75 Å². The molecule has 1 rings (SSSR count). The summed E-state index contributed by atoms with van der Waals surface area (Å²) in [6.07, 6.45) is 0.401. The van der Waals surface area contributed by atoms with E-state index in [4.69, 9.17) is 5.73 Å². The molecule has 0 saturated carbocycles. The van der Waals surface area contributed by atoms with Crippen LogP contribution in [0.2, 0.25) is 0 Å². The number of hydrogen-bond acceptors (Lipinski definition) is 4. The highest BCUT2D eigenvalue weighted by Gasteiger charge is 2.24. The van der Waals surface area contributed by atoms with Gasteiger partial charge in [0.05, 0.1) is 10.5 Å². The molecule has 0 fully saturated rings. The molecule has 0 spiro atoms. The predicted octanol–water partition coefficient (Wildman–Crippen LogP) is 3.00. The van der Waals surface area contributed by atoms with Crippen molar-refractivity contribution in [3.05, 3.63) is 45.5 Å². The molecular weight excluding hydrogens is 256 g/mol. The van der Waals surface area contributed by atoms with E-state index in [2.05, 4.69) is 6.58 Å². The second-order valence-corrected chi connectivity index (χ2v) is 4.19. The first kappa shape index (κ1) is 16.4. The Morgan fingerprint density at radius 1 is 1.61 bits per heavy atom. The maximum absolute atomic E-state index is 10.9. The third kappa shape index (κ3) is 3.45. The number of hydrogen-bond donors (Lipinski definition) is 2. The smallest absolute Gasteiger partial charge is 0.277 e. The van der Waals surface area contributed by atoms with Crippen molar-refractivity contribution in [1.29, 1.82) is 0 Å². The Morgan fingerprint density at radius 3 is 2.61 bits per heavy atom. The molecule has 5 nitrogen and oxygen atoms in total. The summed E-state index contributed by atoms with van der Waals surface area (Å²) in [6.45, 7) is 7.18. The Morgan fingerprint density at radius 2 is 2.17 bits per heavy atom. The van der Waals surface area contributed by atoms with Crippen LogP contribution in [0.1, 0.15) is 30.5 Å². The second-order valence-electron chi connectivity index (χ2n) is 4.19. The molecule has 6 heteroatoms. The summed E-state index contributed by atoms with van der Waals surface area (Å²) in [4.78, 5) is 10.4. The minimum absolute atomic E-state index is 0. The van der Waals surface area contributed by atoms with Gasteiger partial charge in [-0.2, -0.15) is 0 Å². The molecular formula is C12H17ClN2O3. The van der Waals surface area contributed by atoms with Crippen molar-refractivity contribution in [1.82, 2.24) is 0 Å². The molecule has 0 unspecified atom stereocenters. The van der Waals surface area contributed by atoms with Gasteiger partial charge in [-0.25, -0.2) is 0 Å².